The molecule has 82 heavy (non-hydrogen) atoms. The lowest BCUT2D eigenvalue weighted by Gasteiger charge is -2.29. The van der Waals surface area contributed by atoms with Crippen LogP contribution in [0.3, 0.4) is 0 Å². The number of fused-ring (bicyclic) bond motifs is 16. The van der Waals surface area contributed by atoms with Crippen molar-refractivity contribution in [2.45, 2.75) is 0 Å². The maximum Gasteiger partial charge on any atom is 0.160 e. The molecular formula is C78H48N2O2. The number of anilines is 6. The summed E-state index contributed by atoms with van der Waals surface area (Å²) in [5.41, 5.74) is 14.2. The van der Waals surface area contributed by atoms with Gasteiger partial charge in [-0.25, -0.2) is 0 Å². The summed E-state index contributed by atoms with van der Waals surface area (Å²) in [4.78, 5) is 4.80. The second-order valence-corrected chi connectivity index (χ2v) is 21.5. The van der Waals surface area contributed by atoms with Crippen LogP contribution in [0, 0.1) is 0 Å². The molecular weight excluding hydrogens is 997 g/mol. The van der Waals surface area contributed by atoms with Crippen molar-refractivity contribution in [1.29, 1.82) is 0 Å². The zero-order valence-corrected chi connectivity index (χ0v) is 44.4. The molecule has 0 spiro atoms. The van der Waals surface area contributed by atoms with Crippen LogP contribution in [0.25, 0.3) is 131 Å². The molecule has 4 nitrogen and oxygen atoms in total. The predicted octanol–water partition coefficient (Wildman–Crippen LogP) is 22.7. The fraction of sp³-hybridized carbons (Fsp3) is 0. The first-order valence-electron chi connectivity index (χ1n) is 28.1. The number of benzene rings is 15. The van der Waals surface area contributed by atoms with E-state index in [4.69, 9.17) is 8.83 Å². The van der Waals surface area contributed by atoms with Crippen LogP contribution in [-0.4, -0.2) is 0 Å². The SMILES string of the molecule is c1ccc(-c2ccc(N(c3ccc(-c4ccc(N(c5ccccc5)c5cc6oc7ccc8ccccc8c7c6c6ccccc56)cc4)c4cc5ccccc5cc34)c3cc4ccccc4c4c3oc3ccc5ccccc5c34)cc2)cc1. The van der Waals surface area contributed by atoms with E-state index in [2.05, 4.69) is 301 Å². The molecule has 0 unspecified atom stereocenters. The quantitative estimate of drug-likeness (QED) is 0.142. The standard InChI is InChI=1S/C78H48N2O2/c1-3-17-49(18-4-1)50-31-37-59(38-32-50)80(70-47-56-23-11-14-28-63(56)77-75-62-27-13-10-20-52(62)36-44-72(75)82-78(70)77)68-42-41-60(66-45-54-21-7-8-22-55(54)46-67(66)68)53-33-39-58(40-34-53)79(57-24-5-2-6-25-57)69-48-73-76(65-30-16-15-29-64(65)69)74-61-26-12-9-19-51(61)35-43-71(74)81-73/h1-48H. The molecule has 17 rings (SSSR count). The van der Waals surface area contributed by atoms with Gasteiger partial charge in [0.05, 0.1) is 17.1 Å². The molecule has 0 fully saturated rings. The van der Waals surface area contributed by atoms with Gasteiger partial charge in [-0.2, -0.15) is 0 Å². The minimum absolute atomic E-state index is 0.842. The van der Waals surface area contributed by atoms with E-state index in [1.807, 2.05) is 0 Å². The summed E-state index contributed by atoms with van der Waals surface area (Å²) in [6.07, 6.45) is 0. The Hall–Kier alpha value is -10.9. The average molecular weight is 1050 g/mol. The summed E-state index contributed by atoms with van der Waals surface area (Å²) in [5, 5.41) is 18.5. The minimum Gasteiger partial charge on any atom is -0.456 e. The summed E-state index contributed by atoms with van der Waals surface area (Å²) in [7, 11) is 0. The van der Waals surface area contributed by atoms with Gasteiger partial charge < -0.3 is 18.6 Å². The Kier molecular flexibility index (Phi) is 10.3. The molecule has 382 valence electrons. The Morgan fingerprint density at radius 3 is 1.37 bits per heavy atom. The molecule has 2 heterocycles. The minimum atomic E-state index is 0.842. The summed E-state index contributed by atoms with van der Waals surface area (Å²) in [5.74, 6) is 0. The highest BCUT2D eigenvalue weighted by atomic mass is 16.3. The molecule has 0 aliphatic heterocycles. The van der Waals surface area contributed by atoms with E-state index in [0.29, 0.717) is 0 Å². The Bertz CT molecular complexity index is 5390. The predicted molar refractivity (Wildman–Crippen MR) is 346 cm³/mol. The molecule has 4 heteroatoms. The van der Waals surface area contributed by atoms with Crippen LogP contribution in [-0.2, 0) is 0 Å². The molecule has 0 saturated heterocycles. The molecule has 0 N–H and O–H groups in total. The van der Waals surface area contributed by atoms with Gasteiger partial charge in [-0.3, -0.25) is 0 Å². The molecule has 15 aromatic carbocycles. The molecule has 2 aromatic heterocycles. The lowest BCUT2D eigenvalue weighted by atomic mass is 9.93. The first-order valence-corrected chi connectivity index (χ1v) is 28.1. The number of rotatable bonds is 8. The number of para-hydroxylation sites is 1. The van der Waals surface area contributed by atoms with Gasteiger partial charge in [0.25, 0.3) is 0 Å². The monoisotopic (exact) mass is 1040 g/mol. The van der Waals surface area contributed by atoms with Gasteiger partial charge >= 0.3 is 0 Å². The van der Waals surface area contributed by atoms with E-state index in [-0.39, 0.29) is 0 Å². The van der Waals surface area contributed by atoms with Crippen LogP contribution >= 0.6 is 0 Å². The molecule has 0 saturated carbocycles. The maximum atomic E-state index is 7.21. The summed E-state index contributed by atoms with van der Waals surface area (Å²) in [6.45, 7) is 0. The lowest BCUT2D eigenvalue weighted by molar-refractivity contribution is 0.669. The van der Waals surface area contributed by atoms with Crippen LogP contribution in [0.5, 0.6) is 0 Å². The largest absolute Gasteiger partial charge is 0.456 e. The topological polar surface area (TPSA) is 32.8 Å². The Morgan fingerprint density at radius 1 is 0.220 bits per heavy atom. The normalized spacial score (nSPS) is 11.9. The second-order valence-electron chi connectivity index (χ2n) is 21.5. The number of hydrogen-bond acceptors (Lipinski definition) is 4. The molecule has 17 aromatic rings. The van der Waals surface area contributed by atoms with E-state index < -0.39 is 0 Å². The van der Waals surface area contributed by atoms with Crippen LogP contribution in [0.1, 0.15) is 0 Å². The molecule has 0 aliphatic carbocycles. The first kappa shape index (κ1) is 46.0. The van der Waals surface area contributed by atoms with E-state index in [1.165, 1.54) is 37.9 Å². The molecule has 0 amide bonds. The zero-order valence-electron chi connectivity index (χ0n) is 44.4. The molecule has 0 radical (unpaired) electrons. The van der Waals surface area contributed by atoms with Crippen molar-refractivity contribution < 1.29 is 8.83 Å². The van der Waals surface area contributed by atoms with E-state index in [9.17, 15) is 0 Å². The highest BCUT2D eigenvalue weighted by Crippen LogP contribution is 2.51. The average Bonchev–Trinajstić information content (AvgIpc) is 4.32. The Balaban J connectivity index is 0.871. The lowest BCUT2D eigenvalue weighted by Crippen LogP contribution is -2.11. The first-order chi connectivity index (χ1) is 40.7. The maximum absolute atomic E-state index is 7.21. The van der Waals surface area contributed by atoms with E-state index in [0.717, 1.165) is 127 Å². The van der Waals surface area contributed by atoms with Gasteiger partial charge in [0, 0.05) is 55.4 Å². The van der Waals surface area contributed by atoms with Crippen LogP contribution < -0.4 is 9.80 Å². The summed E-state index contributed by atoms with van der Waals surface area (Å²) in [6, 6.07) is 105. The van der Waals surface area contributed by atoms with Crippen LogP contribution in [0.4, 0.5) is 34.1 Å². The Morgan fingerprint density at radius 2 is 0.695 bits per heavy atom. The number of furan rings is 2. The summed E-state index contributed by atoms with van der Waals surface area (Å²) >= 11 is 0. The third-order valence-corrected chi connectivity index (χ3v) is 16.9. The van der Waals surface area contributed by atoms with Gasteiger partial charge in [-0.05, 0) is 149 Å². The number of hydrogen-bond donors (Lipinski definition) is 0. The van der Waals surface area contributed by atoms with Crippen molar-refractivity contribution in [1.82, 2.24) is 0 Å². The van der Waals surface area contributed by atoms with Crippen molar-refractivity contribution >= 4 is 143 Å². The van der Waals surface area contributed by atoms with Crippen molar-refractivity contribution in [3.63, 3.8) is 0 Å². The zero-order chi connectivity index (χ0) is 53.8. The third kappa shape index (κ3) is 7.18. The van der Waals surface area contributed by atoms with Crippen molar-refractivity contribution in [2.24, 2.45) is 0 Å². The van der Waals surface area contributed by atoms with Crippen LogP contribution in [0.15, 0.2) is 300 Å². The molecule has 0 bridgehead atoms. The summed E-state index contributed by atoms with van der Waals surface area (Å²) < 4.78 is 14.0. The molecule has 0 atom stereocenters. The highest BCUT2D eigenvalue weighted by molar-refractivity contribution is 6.30. The third-order valence-electron chi connectivity index (χ3n) is 16.9. The van der Waals surface area contributed by atoms with Crippen molar-refractivity contribution in [3.05, 3.63) is 291 Å². The van der Waals surface area contributed by atoms with Gasteiger partial charge in [-0.15, -0.1) is 0 Å². The number of nitrogens with zero attached hydrogens (tertiary/aromatic N) is 2. The van der Waals surface area contributed by atoms with Gasteiger partial charge in [0.2, 0.25) is 0 Å². The van der Waals surface area contributed by atoms with Gasteiger partial charge in [0.15, 0.2) is 5.58 Å². The van der Waals surface area contributed by atoms with E-state index >= 15 is 0 Å². The second kappa shape index (κ2) is 18.3. The van der Waals surface area contributed by atoms with E-state index in [1.54, 1.807) is 0 Å². The van der Waals surface area contributed by atoms with Crippen molar-refractivity contribution in [2.75, 3.05) is 9.80 Å². The van der Waals surface area contributed by atoms with Crippen molar-refractivity contribution in [3.8, 4) is 22.3 Å². The molecule has 0 aliphatic rings. The highest BCUT2D eigenvalue weighted by Gasteiger charge is 2.26. The van der Waals surface area contributed by atoms with Gasteiger partial charge in [-0.1, -0.05) is 212 Å². The van der Waals surface area contributed by atoms with Gasteiger partial charge in [0.1, 0.15) is 16.7 Å². The fourth-order valence-corrected chi connectivity index (χ4v) is 13.2. The van der Waals surface area contributed by atoms with Crippen LogP contribution in [0.2, 0.25) is 0 Å². The fourth-order valence-electron chi connectivity index (χ4n) is 13.2. The Labute approximate surface area is 472 Å². The smallest absolute Gasteiger partial charge is 0.160 e.